The first kappa shape index (κ1) is 20.8. The number of piperidine rings is 2. The topological polar surface area (TPSA) is 72.6 Å². The molecule has 5 nitrogen and oxygen atoms in total. The molecule has 176 valence electrons. The fourth-order valence-electron chi connectivity index (χ4n) is 9.32. The zero-order valence-electron chi connectivity index (χ0n) is 19.4. The number of aldehydes is 1. The molecule has 0 aromatic heterocycles. The maximum Gasteiger partial charge on any atom is 0.150 e. The van der Waals surface area contributed by atoms with Gasteiger partial charge in [0.1, 0.15) is 12.0 Å². The molecule has 4 aliphatic heterocycles. The molecular formula is C28H36N2O3. The van der Waals surface area contributed by atoms with Crippen LogP contribution in [0.5, 0.6) is 0 Å². The van der Waals surface area contributed by atoms with Gasteiger partial charge in [0.25, 0.3) is 0 Å². The molecule has 33 heavy (non-hydrogen) atoms. The van der Waals surface area contributed by atoms with Crippen LogP contribution in [0.25, 0.3) is 0 Å². The highest BCUT2D eigenvalue weighted by Gasteiger charge is 2.78. The SMILES string of the molecule is C[C@H](c1ccc(C=O)cc1)[C@H]1[C@@H]2C=C[C@@H]3N1[C@]3(O)[C@H]2[C@H]1CC[C@H]2C[C@@H](O)C3(CCCC3)[C@@H]2N1. The van der Waals surface area contributed by atoms with Crippen molar-refractivity contribution in [3.05, 3.63) is 47.5 Å². The van der Waals surface area contributed by atoms with Gasteiger partial charge in [0, 0.05) is 40.9 Å². The largest absolute Gasteiger partial charge is 0.392 e. The molecule has 11 atom stereocenters. The Morgan fingerprint density at radius 2 is 1.91 bits per heavy atom. The van der Waals surface area contributed by atoms with E-state index in [1.807, 2.05) is 12.1 Å². The Kier molecular flexibility index (Phi) is 4.42. The first-order valence-corrected chi connectivity index (χ1v) is 13.2. The number of hydrogen-bond donors (Lipinski definition) is 3. The van der Waals surface area contributed by atoms with Crippen molar-refractivity contribution in [2.75, 3.05) is 0 Å². The Morgan fingerprint density at radius 3 is 2.64 bits per heavy atom. The summed E-state index contributed by atoms with van der Waals surface area (Å²) in [7, 11) is 0. The summed E-state index contributed by atoms with van der Waals surface area (Å²) in [5.74, 6) is 1.39. The number of benzene rings is 1. The fourth-order valence-corrected chi connectivity index (χ4v) is 9.32. The average Bonchev–Trinajstić information content (AvgIpc) is 3.16. The van der Waals surface area contributed by atoms with Gasteiger partial charge < -0.3 is 15.5 Å². The third kappa shape index (κ3) is 2.60. The molecule has 1 aromatic carbocycles. The Balaban J connectivity index is 1.17. The van der Waals surface area contributed by atoms with Crippen LogP contribution in [0, 0.1) is 23.2 Å². The van der Waals surface area contributed by atoms with Gasteiger partial charge in [0.05, 0.1) is 12.1 Å². The van der Waals surface area contributed by atoms with Gasteiger partial charge in [-0.05, 0) is 49.5 Å². The number of carbonyl (C=O) groups excluding carboxylic acids is 1. The molecule has 2 saturated carbocycles. The van der Waals surface area contributed by atoms with E-state index >= 15 is 0 Å². The van der Waals surface area contributed by atoms with E-state index in [4.69, 9.17) is 0 Å². The van der Waals surface area contributed by atoms with E-state index in [2.05, 4.69) is 41.4 Å². The lowest BCUT2D eigenvalue weighted by Crippen LogP contribution is -2.59. The molecule has 3 saturated heterocycles. The van der Waals surface area contributed by atoms with Gasteiger partial charge in [-0.15, -0.1) is 0 Å². The zero-order chi connectivity index (χ0) is 22.5. The smallest absolute Gasteiger partial charge is 0.150 e. The van der Waals surface area contributed by atoms with Crippen molar-refractivity contribution < 1.29 is 15.0 Å². The summed E-state index contributed by atoms with van der Waals surface area (Å²) in [6.45, 7) is 2.27. The third-order valence-corrected chi connectivity index (χ3v) is 10.8. The highest BCUT2D eigenvalue weighted by atomic mass is 16.3. The standard InChI is InChI=1S/C28H36N2O3/c1-16(18-6-4-17(15-31)5-7-18)25-20-9-11-22-28(33,30(22)25)24(20)21-10-8-19-14-23(32)27(26(19)29-21)12-2-3-13-27/h4-7,9,11,15-16,19-26,29,32-33H,2-3,8,10,12-14H2,1H3/t16-,19+,20-,21-,22+,23-,24-,25+,26-,28-,30?/m1/s1. The summed E-state index contributed by atoms with van der Waals surface area (Å²) < 4.78 is 0. The Labute approximate surface area is 196 Å². The lowest BCUT2D eigenvalue weighted by atomic mass is 9.67. The van der Waals surface area contributed by atoms with Crippen molar-refractivity contribution >= 4 is 6.29 Å². The van der Waals surface area contributed by atoms with Gasteiger partial charge >= 0.3 is 0 Å². The average molecular weight is 449 g/mol. The van der Waals surface area contributed by atoms with E-state index in [1.165, 1.54) is 24.8 Å². The van der Waals surface area contributed by atoms with Crippen molar-refractivity contribution in [1.29, 1.82) is 0 Å². The van der Waals surface area contributed by atoms with Crippen LogP contribution < -0.4 is 5.32 Å². The van der Waals surface area contributed by atoms with Crippen molar-refractivity contribution in [2.24, 2.45) is 23.2 Å². The van der Waals surface area contributed by atoms with Crippen LogP contribution in [-0.2, 0) is 0 Å². The van der Waals surface area contributed by atoms with E-state index in [9.17, 15) is 15.0 Å². The van der Waals surface area contributed by atoms with E-state index < -0.39 is 5.72 Å². The van der Waals surface area contributed by atoms with E-state index in [1.54, 1.807) is 0 Å². The van der Waals surface area contributed by atoms with Crippen LogP contribution >= 0.6 is 0 Å². The summed E-state index contributed by atoms with van der Waals surface area (Å²) in [5, 5.41) is 27.0. The molecule has 0 radical (unpaired) electrons. The molecular weight excluding hydrogens is 412 g/mol. The number of nitrogens with one attached hydrogen (secondary N) is 1. The van der Waals surface area contributed by atoms with Crippen LogP contribution in [0.3, 0.4) is 0 Å². The minimum atomic E-state index is -0.731. The first-order chi connectivity index (χ1) is 16.0. The van der Waals surface area contributed by atoms with Crippen molar-refractivity contribution in [1.82, 2.24) is 10.2 Å². The Morgan fingerprint density at radius 1 is 1.15 bits per heavy atom. The molecule has 8 rings (SSSR count). The number of aliphatic hydroxyl groups excluding tert-OH is 1. The van der Waals surface area contributed by atoms with Crippen molar-refractivity contribution in [2.45, 2.75) is 93.8 Å². The molecule has 5 heteroatoms. The second-order valence-corrected chi connectivity index (χ2v) is 12.0. The van der Waals surface area contributed by atoms with Gasteiger partial charge in [-0.25, -0.2) is 0 Å². The monoisotopic (exact) mass is 448 g/mol. The minimum absolute atomic E-state index is 0.0652. The van der Waals surface area contributed by atoms with Crippen LogP contribution in [0.1, 0.15) is 73.7 Å². The van der Waals surface area contributed by atoms with Crippen molar-refractivity contribution in [3.8, 4) is 0 Å². The Bertz CT molecular complexity index is 985. The third-order valence-electron chi connectivity index (χ3n) is 10.8. The summed E-state index contributed by atoms with van der Waals surface area (Å²) in [4.78, 5) is 13.5. The predicted molar refractivity (Wildman–Crippen MR) is 126 cm³/mol. The molecule has 1 spiro atoms. The molecule has 1 aromatic rings. The molecule has 1 unspecified atom stereocenters. The van der Waals surface area contributed by atoms with Gasteiger partial charge in [0.15, 0.2) is 0 Å². The summed E-state index contributed by atoms with van der Waals surface area (Å²) in [6, 6.07) is 9.08. The normalized spacial score (nSPS) is 49.2. The van der Waals surface area contributed by atoms with Crippen LogP contribution in [-0.4, -0.2) is 57.4 Å². The maximum atomic E-state index is 11.9. The number of hydrogen-bond acceptors (Lipinski definition) is 5. The van der Waals surface area contributed by atoms with Crippen LogP contribution in [0.4, 0.5) is 0 Å². The molecule has 5 fully saturated rings. The Hall–Kier alpha value is -1.53. The van der Waals surface area contributed by atoms with E-state index in [0.717, 1.165) is 32.0 Å². The molecule has 3 N–H and O–H groups in total. The fraction of sp³-hybridized carbons (Fsp3) is 0.679. The molecule has 4 heterocycles. The number of nitrogens with zero attached hydrogens (tertiary/aromatic N) is 1. The minimum Gasteiger partial charge on any atom is -0.392 e. The number of aliphatic hydroxyl groups is 2. The lowest BCUT2D eigenvalue weighted by molar-refractivity contribution is 0.000377. The highest BCUT2D eigenvalue weighted by molar-refractivity contribution is 5.74. The summed E-state index contributed by atoms with van der Waals surface area (Å²) >= 11 is 0. The van der Waals surface area contributed by atoms with Crippen LogP contribution in [0.2, 0.25) is 0 Å². The second-order valence-electron chi connectivity index (χ2n) is 12.0. The quantitative estimate of drug-likeness (QED) is 0.375. The molecule has 4 bridgehead atoms. The maximum absolute atomic E-state index is 11.9. The predicted octanol–water partition coefficient (Wildman–Crippen LogP) is 3.22. The molecule has 3 aliphatic carbocycles. The molecule has 7 aliphatic rings. The van der Waals surface area contributed by atoms with Gasteiger partial charge in [-0.2, -0.15) is 0 Å². The lowest BCUT2D eigenvalue weighted by Gasteiger charge is -2.46. The van der Waals surface area contributed by atoms with E-state index in [-0.39, 0.29) is 35.4 Å². The van der Waals surface area contributed by atoms with Crippen molar-refractivity contribution in [3.63, 3.8) is 0 Å². The number of rotatable bonds is 4. The summed E-state index contributed by atoms with van der Waals surface area (Å²) in [6.07, 6.45) is 13.3. The van der Waals surface area contributed by atoms with E-state index in [0.29, 0.717) is 29.5 Å². The second kappa shape index (κ2) is 7.00. The highest BCUT2D eigenvalue weighted by Crippen LogP contribution is 2.66. The zero-order valence-corrected chi connectivity index (χ0v) is 19.4. The van der Waals surface area contributed by atoms with Gasteiger partial charge in [-0.1, -0.05) is 56.2 Å². The number of carbonyl (C=O) groups is 1. The molecule has 0 amide bonds. The number of fused-ring (bicyclic) bond motifs is 2. The van der Waals surface area contributed by atoms with Gasteiger partial charge in [0.2, 0.25) is 0 Å². The summed E-state index contributed by atoms with van der Waals surface area (Å²) in [5.41, 5.74) is 1.28. The van der Waals surface area contributed by atoms with Gasteiger partial charge in [-0.3, -0.25) is 9.69 Å². The van der Waals surface area contributed by atoms with Crippen LogP contribution in [0.15, 0.2) is 36.4 Å². The first-order valence-electron chi connectivity index (χ1n) is 13.2.